The van der Waals surface area contributed by atoms with Crippen molar-refractivity contribution in [3.05, 3.63) is 60.8 Å². The maximum absolute atomic E-state index is 5.71. The first-order chi connectivity index (χ1) is 10.4. The minimum atomic E-state index is 0.591. The van der Waals surface area contributed by atoms with Crippen molar-refractivity contribution >= 4 is 32.6 Å². The zero-order valence-electron chi connectivity index (χ0n) is 11.0. The molecule has 0 bridgehead atoms. The molecule has 0 spiro atoms. The van der Waals surface area contributed by atoms with Gasteiger partial charge in [0.2, 0.25) is 11.8 Å². The van der Waals surface area contributed by atoms with Crippen LogP contribution in [-0.4, -0.2) is 9.97 Å². The number of nitrogens with one attached hydrogen (secondary N) is 1. The van der Waals surface area contributed by atoms with E-state index in [4.69, 9.17) is 4.42 Å². The summed E-state index contributed by atoms with van der Waals surface area (Å²) in [6.07, 6.45) is 1.67. The number of rotatable bonds is 3. The van der Waals surface area contributed by atoms with Crippen molar-refractivity contribution in [1.82, 2.24) is 9.97 Å². The van der Waals surface area contributed by atoms with E-state index in [9.17, 15) is 0 Å². The molecular weight excluding hydrogens is 282 g/mol. The van der Waals surface area contributed by atoms with Gasteiger partial charge in [-0.15, -0.1) is 0 Å². The Kier molecular flexibility index (Phi) is 2.90. The zero-order chi connectivity index (χ0) is 14.1. The average Bonchev–Trinajstić information content (AvgIpc) is 3.14. The molecule has 0 aliphatic rings. The Morgan fingerprint density at radius 1 is 0.952 bits per heavy atom. The van der Waals surface area contributed by atoms with Crippen molar-refractivity contribution in [3.63, 3.8) is 0 Å². The van der Waals surface area contributed by atoms with Gasteiger partial charge in [0, 0.05) is 5.56 Å². The SMILES string of the molecule is c1ccc(-c2ncc(Nc3nc4ccccc4s3)o2)cc1. The quantitative estimate of drug-likeness (QED) is 0.595. The van der Waals surface area contributed by atoms with Crippen molar-refractivity contribution in [2.45, 2.75) is 0 Å². The Balaban J connectivity index is 1.61. The van der Waals surface area contributed by atoms with Gasteiger partial charge >= 0.3 is 0 Å². The first-order valence-corrected chi connectivity index (χ1v) is 7.34. The molecule has 102 valence electrons. The molecule has 4 rings (SSSR count). The highest BCUT2D eigenvalue weighted by Gasteiger charge is 2.08. The molecular formula is C16H11N3OS. The van der Waals surface area contributed by atoms with E-state index >= 15 is 0 Å². The summed E-state index contributed by atoms with van der Waals surface area (Å²) < 4.78 is 6.86. The van der Waals surface area contributed by atoms with Gasteiger partial charge in [-0.1, -0.05) is 41.7 Å². The number of oxazole rings is 1. The number of anilines is 2. The van der Waals surface area contributed by atoms with Crippen LogP contribution in [0, 0.1) is 0 Å². The van der Waals surface area contributed by atoms with Crippen molar-refractivity contribution in [3.8, 4) is 11.5 Å². The summed E-state index contributed by atoms with van der Waals surface area (Å²) in [5.41, 5.74) is 1.93. The molecule has 4 nitrogen and oxygen atoms in total. The minimum absolute atomic E-state index is 0.591. The molecule has 2 aromatic carbocycles. The van der Waals surface area contributed by atoms with Gasteiger partial charge in [-0.25, -0.2) is 9.97 Å². The van der Waals surface area contributed by atoms with Crippen LogP contribution in [-0.2, 0) is 0 Å². The summed E-state index contributed by atoms with van der Waals surface area (Å²) in [5, 5.41) is 3.96. The molecule has 1 N–H and O–H groups in total. The third-order valence-corrected chi connectivity index (χ3v) is 4.00. The summed E-state index contributed by atoms with van der Waals surface area (Å²) in [6.45, 7) is 0. The van der Waals surface area contributed by atoms with E-state index in [1.54, 1.807) is 17.5 Å². The maximum atomic E-state index is 5.71. The van der Waals surface area contributed by atoms with Crippen molar-refractivity contribution in [2.24, 2.45) is 0 Å². The molecule has 0 atom stereocenters. The summed E-state index contributed by atoms with van der Waals surface area (Å²) in [5.74, 6) is 1.19. The predicted molar refractivity (Wildman–Crippen MR) is 84.8 cm³/mol. The number of aromatic nitrogens is 2. The van der Waals surface area contributed by atoms with Crippen molar-refractivity contribution in [1.29, 1.82) is 0 Å². The molecule has 2 heterocycles. The molecule has 0 saturated heterocycles. The lowest BCUT2D eigenvalue weighted by atomic mass is 10.2. The molecule has 4 aromatic rings. The lowest BCUT2D eigenvalue weighted by Gasteiger charge is -1.96. The van der Waals surface area contributed by atoms with Crippen LogP contribution in [0.15, 0.2) is 65.2 Å². The Hall–Kier alpha value is -2.66. The molecule has 0 aliphatic carbocycles. The monoisotopic (exact) mass is 293 g/mol. The number of thiazole rings is 1. The maximum Gasteiger partial charge on any atom is 0.228 e. The number of hydrogen-bond donors (Lipinski definition) is 1. The van der Waals surface area contributed by atoms with Crippen LogP contribution < -0.4 is 5.32 Å². The number of para-hydroxylation sites is 1. The van der Waals surface area contributed by atoms with Crippen molar-refractivity contribution < 1.29 is 4.42 Å². The molecule has 0 aliphatic heterocycles. The van der Waals surface area contributed by atoms with E-state index in [0.717, 1.165) is 20.9 Å². The zero-order valence-corrected chi connectivity index (χ0v) is 11.8. The van der Waals surface area contributed by atoms with Gasteiger partial charge in [0.1, 0.15) is 0 Å². The summed E-state index contributed by atoms with van der Waals surface area (Å²) in [4.78, 5) is 8.79. The van der Waals surface area contributed by atoms with Crippen LogP contribution in [0.2, 0.25) is 0 Å². The Bertz CT molecular complexity index is 850. The summed E-state index contributed by atoms with van der Waals surface area (Å²) >= 11 is 1.59. The molecule has 0 unspecified atom stereocenters. The second-order valence-corrected chi connectivity index (χ2v) is 5.54. The van der Waals surface area contributed by atoms with E-state index in [2.05, 4.69) is 15.3 Å². The smallest absolute Gasteiger partial charge is 0.228 e. The highest BCUT2D eigenvalue weighted by Crippen LogP contribution is 2.29. The third-order valence-electron chi connectivity index (χ3n) is 3.05. The second kappa shape index (κ2) is 5.03. The van der Waals surface area contributed by atoms with E-state index in [1.165, 1.54) is 0 Å². The van der Waals surface area contributed by atoms with Crippen LogP contribution in [0.1, 0.15) is 0 Å². The Morgan fingerprint density at radius 3 is 2.62 bits per heavy atom. The standard InChI is InChI=1S/C16H11N3OS/c1-2-6-11(7-3-1)15-17-10-14(20-15)19-16-18-12-8-4-5-9-13(12)21-16/h1-10H,(H,18,19). The number of hydrogen-bond acceptors (Lipinski definition) is 5. The lowest BCUT2D eigenvalue weighted by Crippen LogP contribution is -1.85. The second-order valence-electron chi connectivity index (χ2n) is 4.51. The van der Waals surface area contributed by atoms with Gasteiger partial charge < -0.3 is 9.73 Å². The highest BCUT2D eigenvalue weighted by atomic mass is 32.1. The van der Waals surface area contributed by atoms with E-state index < -0.39 is 0 Å². The molecule has 21 heavy (non-hydrogen) atoms. The largest absolute Gasteiger partial charge is 0.420 e. The molecule has 0 radical (unpaired) electrons. The van der Waals surface area contributed by atoms with Gasteiger partial charge in [0.25, 0.3) is 0 Å². The predicted octanol–water partition coefficient (Wildman–Crippen LogP) is 4.69. The fraction of sp³-hybridized carbons (Fsp3) is 0. The minimum Gasteiger partial charge on any atom is -0.420 e. The van der Waals surface area contributed by atoms with Crippen LogP contribution >= 0.6 is 11.3 Å². The van der Waals surface area contributed by atoms with Gasteiger partial charge in [-0.3, -0.25) is 0 Å². The number of benzene rings is 2. The van der Waals surface area contributed by atoms with E-state index in [1.807, 2.05) is 54.6 Å². The molecule has 0 amide bonds. The number of nitrogens with zero attached hydrogens (tertiary/aromatic N) is 2. The van der Waals surface area contributed by atoms with Crippen LogP contribution in [0.5, 0.6) is 0 Å². The van der Waals surface area contributed by atoms with Crippen LogP contribution in [0.4, 0.5) is 11.0 Å². The van der Waals surface area contributed by atoms with Gasteiger partial charge in [-0.2, -0.15) is 0 Å². The molecule has 0 fully saturated rings. The molecule has 2 aromatic heterocycles. The van der Waals surface area contributed by atoms with E-state index in [0.29, 0.717) is 11.8 Å². The molecule has 0 saturated carbocycles. The Morgan fingerprint density at radius 2 is 1.76 bits per heavy atom. The highest BCUT2D eigenvalue weighted by molar-refractivity contribution is 7.22. The van der Waals surface area contributed by atoms with Crippen LogP contribution in [0.25, 0.3) is 21.7 Å². The lowest BCUT2D eigenvalue weighted by molar-refractivity contribution is 0.591. The Labute approximate surface area is 125 Å². The normalized spacial score (nSPS) is 10.9. The first kappa shape index (κ1) is 12.1. The van der Waals surface area contributed by atoms with Gasteiger partial charge in [0.15, 0.2) is 5.13 Å². The summed E-state index contributed by atoms with van der Waals surface area (Å²) in [7, 11) is 0. The van der Waals surface area contributed by atoms with E-state index in [-0.39, 0.29) is 0 Å². The molecule has 5 heteroatoms. The van der Waals surface area contributed by atoms with Gasteiger partial charge in [-0.05, 0) is 24.3 Å². The van der Waals surface area contributed by atoms with Crippen LogP contribution in [0.3, 0.4) is 0 Å². The van der Waals surface area contributed by atoms with Gasteiger partial charge in [0.05, 0.1) is 16.4 Å². The van der Waals surface area contributed by atoms with Crippen molar-refractivity contribution in [2.75, 3.05) is 5.32 Å². The first-order valence-electron chi connectivity index (χ1n) is 6.52. The summed E-state index contributed by atoms with van der Waals surface area (Å²) in [6, 6.07) is 17.8. The third kappa shape index (κ3) is 2.39. The number of fused-ring (bicyclic) bond motifs is 1. The average molecular weight is 293 g/mol. The fourth-order valence-corrected chi connectivity index (χ4v) is 2.95. The topological polar surface area (TPSA) is 51.0 Å². The fourth-order valence-electron chi connectivity index (χ4n) is 2.08.